The van der Waals surface area contributed by atoms with Gasteiger partial charge in [-0.15, -0.1) is 10.2 Å². The topological polar surface area (TPSA) is 83.1 Å². The minimum atomic E-state index is -0.622. The predicted molar refractivity (Wildman–Crippen MR) is 147 cm³/mol. The van der Waals surface area contributed by atoms with Crippen LogP contribution in [0.15, 0.2) is 70.3 Å². The Labute approximate surface area is 235 Å². The average molecular weight is 629 g/mol. The maximum atomic E-state index is 11.7. The molecule has 0 saturated carbocycles. The Kier molecular flexibility index (Phi) is 8.79. The van der Waals surface area contributed by atoms with Crippen molar-refractivity contribution in [3.63, 3.8) is 0 Å². The lowest BCUT2D eigenvalue weighted by Crippen LogP contribution is -2.13. The second-order valence-corrected chi connectivity index (χ2v) is 11.0. The van der Waals surface area contributed by atoms with Gasteiger partial charge in [0.05, 0.1) is 0 Å². The molecular formula is C24H18BrCl3N4O3S. The van der Waals surface area contributed by atoms with Crippen molar-refractivity contribution >= 4 is 62.5 Å². The normalized spacial score (nSPS) is 11.9. The smallest absolute Gasteiger partial charge is 0.220 e. The van der Waals surface area contributed by atoms with E-state index >= 15 is 0 Å². The van der Waals surface area contributed by atoms with Crippen molar-refractivity contribution in [3.8, 4) is 11.4 Å². The summed E-state index contributed by atoms with van der Waals surface area (Å²) in [4.78, 5) is 11.3. The van der Waals surface area contributed by atoms with E-state index in [0.717, 1.165) is 15.7 Å². The molecule has 1 aromatic heterocycles. The predicted octanol–water partition coefficient (Wildman–Crippen LogP) is 7.99. The highest BCUT2D eigenvalue weighted by Gasteiger charge is 2.27. The highest BCUT2D eigenvalue weighted by Crippen LogP contribution is 2.41. The molecule has 0 spiro atoms. The van der Waals surface area contributed by atoms with Crippen LogP contribution in [0.3, 0.4) is 0 Å². The highest BCUT2D eigenvalue weighted by molar-refractivity contribution is 9.10. The average Bonchev–Trinajstić information content (AvgIpc) is 3.19. The molecule has 0 fully saturated rings. The molecule has 0 unspecified atom stereocenters. The first-order chi connectivity index (χ1) is 17.2. The molecule has 0 aliphatic carbocycles. The maximum absolute atomic E-state index is 11.7. The molecule has 0 N–H and O–H groups in total. The summed E-state index contributed by atoms with van der Waals surface area (Å²) >= 11 is 23.0. The monoisotopic (exact) mass is 626 g/mol. The largest absolute Gasteiger partial charge is 0.489 e. The second kappa shape index (κ2) is 11.8. The molecule has 7 nitrogen and oxygen atoms in total. The molecule has 1 atom stereocenters. The lowest BCUT2D eigenvalue weighted by Gasteiger charge is -2.19. The molecule has 4 rings (SSSR count). The van der Waals surface area contributed by atoms with E-state index in [4.69, 9.17) is 39.5 Å². The molecule has 4 aromatic rings. The Balaban J connectivity index is 1.68. The van der Waals surface area contributed by atoms with Gasteiger partial charge >= 0.3 is 0 Å². The number of halogens is 4. The maximum Gasteiger partial charge on any atom is 0.220 e. The van der Waals surface area contributed by atoms with Crippen molar-refractivity contribution in [1.82, 2.24) is 14.8 Å². The summed E-state index contributed by atoms with van der Waals surface area (Å²) in [6, 6.07) is 17.8. The summed E-state index contributed by atoms with van der Waals surface area (Å²) in [7, 11) is 0. The second-order valence-electron chi connectivity index (χ2n) is 7.67. The third kappa shape index (κ3) is 6.52. The van der Waals surface area contributed by atoms with Gasteiger partial charge in [0.2, 0.25) is 6.54 Å². The van der Waals surface area contributed by atoms with Gasteiger partial charge < -0.3 is 4.74 Å². The first-order valence-electron chi connectivity index (χ1n) is 10.5. The van der Waals surface area contributed by atoms with Crippen LogP contribution in [-0.4, -0.2) is 26.2 Å². The first kappa shape index (κ1) is 26.8. The summed E-state index contributed by atoms with van der Waals surface area (Å²) in [6.07, 6.45) is 0. The van der Waals surface area contributed by atoms with E-state index in [9.17, 15) is 10.1 Å². The molecule has 0 aliphatic heterocycles. The van der Waals surface area contributed by atoms with Gasteiger partial charge in [0, 0.05) is 41.3 Å². The van der Waals surface area contributed by atoms with Gasteiger partial charge in [-0.2, -0.15) is 0 Å². The van der Waals surface area contributed by atoms with Crippen LogP contribution in [-0.2, 0) is 6.61 Å². The summed E-state index contributed by atoms with van der Waals surface area (Å²) in [6.45, 7) is 1.63. The van der Waals surface area contributed by atoms with E-state index in [1.807, 2.05) is 35.8 Å². The van der Waals surface area contributed by atoms with Crippen molar-refractivity contribution in [2.75, 3.05) is 6.54 Å². The van der Waals surface area contributed by atoms with Crippen LogP contribution in [0, 0.1) is 17.0 Å². The molecule has 0 aliphatic rings. The van der Waals surface area contributed by atoms with Crippen molar-refractivity contribution in [3.05, 3.63) is 107 Å². The fourth-order valence-electron chi connectivity index (χ4n) is 3.47. The van der Waals surface area contributed by atoms with Gasteiger partial charge in [-0.3, -0.25) is 14.7 Å². The molecule has 3 aromatic carbocycles. The van der Waals surface area contributed by atoms with Crippen molar-refractivity contribution in [1.29, 1.82) is 0 Å². The van der Waals surface area contributed by atoms with Crippen LogP contribution < -0.4 is 4.74 Å². The minimum absolute atomic E-state index is 0.167. The Hall–Kier alpha value is -2.30. The van der Waals surface area contributed by atoms with E-state index in [0.29, 0.717) is 37.4 Å². The zero-order chi connectivity index (χ0) is 25.8. The van der Waals surface area contributed by atoms with Gasteiger partial charge in [0.25, 0.3) is 0 Å². The van der Waals surface area contributed by atoms with Crippen molar-refractivity contribution in [2.24, 2.45) is 0 Å². The molecule has 0 amide bonds. The molecule has 12 heteroatoms. The number of hydrogen-bond donors (Lipinski definition) is 0. The van der Waals surface area contributed by atoms with Gasteiger partial charge in [0.15, 0.2) is 5.16 Å². The lowest BCUT2D eigenvalue weighted by atomic mass is 10.1. The fourth-order valence-corrected chi connectivity index (χ4v) is 5.63. The third-order valence-corrected chi connectivity index (χ3v) is 7.65. The van der Waals surface area contributed by atoms with E-state index in [2.05, 4.69) is 26.1 Å². The molecule has 36 heavy (non-hydrogen) atoms. The zero-order valence-electron chi connectivity index (χ0n) is 18.7. The standard InChI is InChI=1S/C24H18BrCl3N4O3S/c1-14-29-30-24(32(14)19-7-5-17(26)6-8-19)36-23(12-31(33)34)20-10-16(25)3-9-22(20)35-13-15-2-4-18(27)11-21(15)28/h2-11,23H,12-13H2,1H3/t23-/m0/s1. The number of ether oxygens (including phenoxy) is 1. The zero-order valence-corrected chi connectivity index (χ0v) is 23.4. The van der Waals surface area contributed by atoms with Crippen LogP contribution in [0.1, 0.15) is 22.2 Å². The Bertz CT molecular complexity index is 1400. The summed E-state index contributed by atoms with van der Waals surface area (Å²) in [5, 5.41) is 21.6. The molecule has 0 bridgehead atoms. The molecule has 186 valence electrons. The summed E-state index contributed by atoms with van der Waals surface area (Å²) < 4.78 is 8.69. The highest BCUT2D eigenvalue weighted by atomic mass is 79.9. The lowest BCUT2D eigenvalue weighted by molar-refractivity contribution is -0.479. The van der Waals surface area contributed by atoms with Gasteiger partial charge in [-0.1, -0.05) is 68.6 Å². The molecule has 0 saturated heterocycles. The van der Waals surface area contributed by atoms with Crippen LogP contribution in [0.2, 0.25) is 15.1 Å². The minimum Gasteiger partial charge on any atom is -0.489 e. The number of aromatic nitrogens is 3. The number of rotatable bonds is 9. The number of nitro groups is 1. The van der Waals surface area contributed by atoms with Crippen molar-refractivity contribution in [2.45, 2.75) is 23.9 Å². The van der Waals surface area contributed by atoms with Gasteiger partial charge in [-0.25, -0.2) is 0 Å². The van der Waals surface area contributed by atoms with Crippen LogP contribution in [0.5, 0.6) is 5.75 Å². The Morgan fingerprint density at radius 2 is 1.78 bits per heavy atom. The van der Waals surface area contributed by atoms with E-state index < -0.39 is 5.25 Å². The molecule has 1 heterocycles. The Morgan fingerprint density at radius 3 is 2.47 bits per heavy atom. The van der Waals surface area contributed by atoms with Crippen molar-refractivity contribution < 1.29 is 9.66 Å². The van der Waals surface area contributed by atoms with Gasteiger partial charge in [0.1, 0.15) is 23.4 Å². The Morgan fingerprint density at radius 1 is 1.06 bits per heavy atom. The number of benzene rings is 3. The third-order valence-electron chi connectivity index (χ3n) is 5.16. The SMILES string of the molecule is Cc1nnc(S[C@@H](C[N+](=O)[O-])c2cc(Br)ccc2OCc2ccc(Cl)cc2Cl)n1-c1ccc(Cl)cc1. The quantitative estimate of drug-likeness (QED) is 0.106. The first-order valence-corrected chi connectivity index (χ1v) is 13.3. The van der Waals surface area contributed by atoms with Crippen LogP contribution in [0.25, 0.3) is 5.69 Å². The number of thioether (sulfide) groups is 1. The van der Waals surface area contributed by atoms with Crippen LogP contribution in [0.4, 0.5) is 0 Å². The number of aryl methyl sites for hydroxylation is 1. The number of nitrogens with zero attached hydrogens (tertiary/aromatic N) is 4. The number of hydrogen-bond acceptors (Lipinski definition) is 6. The molecule has 0 radical (unpaired) electrons. The fraction of sp³-hybridized carbons (Fsp3) is 0.167. The van der Waals surface area contributed by atoms with E-state index in [-0.39, 0.29) is 18.1 Å². The van der Waals surface area contributed by atoms with Crippen LogP contribution >= 0.6 is 62.5 Å². The summed E-state index contributed by atoms with van der Waals surface area (Å²) in [5.41, 5.74) is 2.18. The van der Waals surface area contributed by atoms with Gasteiger partial charge in [-0.05, 0) is 61.5 Å². The van der Waals surface area contributed by atoms with E-state index in [1.165, 1.54) is 11.8 Å². The van der Waals surface area contributed by atoms with E-state index in [1.54, 1.807) is 36.4 Å². The summed E-state index contributed by atoms with van der Waals surface area (Å²) in [5.74, 6) is 1.14. The molecular weight excluding hydrogens is 611 g/mol.